The first kappa shape index (κ1) is 26.1. The number of amides is 1. The molecule has 6 heteroatoms. The summed E-state index contributed by atoms with van der Waals surface area (Å²) in [4.78, 5) is 14.1. The molecule has 0 spiro atoms. The van der Waals surface area contributed by atoms with Crippen LogP contribution in [0.4, 0.5) is 4.79 Å². The SMILES string of the molecule is CC.CCOC(=O)NC1CCN(CC2=CC(c3cc(OC)c(C)c(C4CCC4)c3)NC=C2)CC1. The van der Waals surface area contributed by atoms with Crippen molar-refractivity contribution in [3.8, 4) is 5.75 Å². The van der Waals surface area contributed by atoms with Crippen molar-refractivity contribution in [1.82, 2.24) is 15.5 Å². The quantitative estimate of drug-likeness (QED) is 0.545. The molecule has 1 unspecified atom stereocenters. The van der Waals surface area contributed by atoms with E-state index in [1.807, 2.05) is 20.8 Å². The average molecular weight is 470 g/mol. The highest BCUT2D eigenvalue weighted by Crippen LogP contribution is 2.41. The van der Waals surface area contributed by atoms with E-state index < -0.39 is 0 Å². The third-order valence-corrected chi connectivity index (χ3v) is 7.09. The lowest BCUT2D eigenvalue weighted by molar-refractivity contribution is 0.138. The van der Waals surface area contributed by atoms with Gasteiger partial charge < -0.3 is 20.1 Å². The fourth-order valence-corrected chi connectivity index (χ4v) is 4.97. The van der Waals surface area contributed by atoms with Crippen LogP contribution in [0.1, 0.15) is 81.5 Å². The normalized spacial score (nSPS) is 20.9. The summed E-state index contributed by atoms with van der Waals surface area (Å²) in [6.45, 7) is 11.3. The first-order valence-electron chi connectivity index (χ1n) is 13.0. The number of nitrogens with zero attached hydrogens (tertiary/aromatic N) is 1. The molecule has 2 fully saturated rings. The largest absolute Gasteiger partial charge is 0.496 e. The highest BCUT2D eigenvalue weighted by Gasteiger charge is 2.25. The van der Waals surface area contributed by atoms with Gasteiger partial charge in [-0.1, -0.05) is 32.4 Å². The van der Waals surface area contributed by atoms with Gasteiger partial charge in [0.25, 0.3) is 0 Å². The molecule has 188 valence electrons. The second kappa shape index (κ2) is 12.8. The third-order valence-electron chi connectivity index (χ3n) is 7.09. The molecular formula is C28H43N3O3. The molecule has 2 aliphatic heterocycles. The van der Waals surface area contributed by atoms with Crippen molar-refractivity contribution in [3.05, 3.63) is 52.7 Å². The molecule has 3 aliphatic rings. The summed E-state index contributed by atoms with van der Waals surface area (Å²) in [5.74, 6) is 1.67. The van der Waals surface area contributed by atoms with Crippen LogP contribution in [0, 0.1) is 6.92 Å². The molecule has 1 aromatic rings. The minimum atomic E-state index is -0.299. The number of ether oxygens (including phenoxy) is 2. The fraction of sp³-hybridized carbons (Fsp3) is 0.607. The highest BCUT2D eigenvalue weighted by molar-refractivity contribution is 5.67. The Bertz CT molecular complexity index is 868. The Kier molecular flexibility index (Phi) is 9.87. The summed E-state index contributed by atoms with van der Waals surface area (Å²) < 4.78 is 10.7. The third kappa shape index (κ3) is 6.56. The molecule has 6 nitrogen and oxygen atoms in total. The molecule has 34 heavy (non-hydrogen) atoms. The minimum absolute atomic E-state index is 0.159. The van der Waals surface area contributed by atoms with Crippen LogP contribution < -0.4 is 15.4 Å². The average Bonchev–Trinajstić information content (AvgIpc) is 2.82. The second-order valence-electron chi connectivity index (χ2n) is 9.20. The molecule has 1 aliphatic carbocycles. The van der Waals surface area contributed by atoms with Crippen molar-refractivity contribution >= 4 is 6.09 Å². The molecule has 1 saturated carbocycles. The van der Waals surface area contributed by atoms with Crippen molar-refractivity contribution in [2.24, 2.45) is 0 Å². The Morgan fingerprint density at radius 2 is 1.91 bits per heavy atom. The number of alkyl carbamates (subject to hydrolysis) is 1. The van der Waals surface area contributed by atoms with Crippen LogP contribution in [-0.4, -0.2) is 50.4 Å². The summed E-state index contributed by atoms with van der Waals surface area (Å²) in [6, 6.07) is 4.95. The predicted octanol–water partition coefficient (Wildman–Crippen LogP) is 5.59. The van der Waals surface area contributed by atoms with E-state index in [-0.39, 0.29) is 18.2 Å². The summed E-state index contributed by atoms with van der Waals surface area (Å²) in [6.07, 6.45) is 12.1. The Labute approximate surface area is 205 Å². The monoisotopic (exact) mass is 469 g/mol. The van der Waals surface area contributed by atoms with E-state index in [0.29, 0.717) is 12.5 Å². The molecule has 0 aromatic heterocycles. The standard InChI is InChI=1S/C26H37N3O3.C2H6/c1-4-32-26(30)28-22-9-12-29(13-10-22)17-19-8-11-27-24(14-19)21-15-23(20-6-5-7-20)18(2)25(16-21)31-3;1-2/h8,11,14-16,20,22,24,27H,4-7,9-10,12-13,17H2,1-3H3,(H,28,30);1-2H3. The van der Waals surface area contributed by atoms with E-state index in [2.05, 4.69) is 52.9 Å². The van der Waals surface area contributed by atoms with Gasteiger partial charge >= 0.3 is 6.09 Å². The van der Waals surface area contributed by atoms with Gasteiger partial charge in [0, 0.05) is 25.7 Å². The minimum Gasteiger partial charge on any atom is -0.496 e. The second-order valence-corrected chi connectivity index (χ2v) is 9.20. The number of dihydropyridines is 1. The van der Waals surface area contributed by atoms with Crippen LogP contribution >= 0.6 is 0 Å². The van der Waals surface area contributed by atoms with Gasteiger partial charge in [0.15, 0.2) is 0 Å². The fourth-order valence-electron chi connectivity index (χ4n) is 4.97. The summed E-state index contributed by atoms with van der Waals surface area (Å²) in [7, 11) is 1.77. The van der Waals surface area contributed by atoms with E-state index in [1.165, 1.54) is 41.5 Å². The summed E-state index contributed by atoms with van der Waals surface area (Å²) in [5.41, 5.74) is 5.34. The topological polar surface area (TPSA) is 62.8 Å². The van der Waals surface area contributed by atoms with E-state index in [1.54, 1.807) is 7.11 Å². The zero-order chi connectivity index (χ0) is 24.5. The van der Waals surface area contributed by atoms with Gasteiger partial charge in [0.05, 0.1) is 19.8 Å². The van der Waals surface area contributed by atoms with Crippen molar-refractivity contribution in [3.63, 3.8) is 0 Å². The van der Waals surface area contributed by atoms with E-state index >= 15 is 0 Å². The van der Waals surface area contributed by atoms with Crippen LogP contribution in [0.15, 0.2) is 36.1 Å². The number of likely N-dealkylation sites (tertiary alicyclic amines) is 1. The Balaban J connectivity index is 0.00000158. The van der Waals surface area contributed by atoms with E-state index in [4.69, 9.17) is 9.47 Å². The van der Waals surface area contributed by atoms with Crippen molar-refractivity contribution in [1.29, 1.82) is 0 Å². The number of methoxy groups -OCH3 is 1. The van der Waals surface area contributed by atoms with Gasteiger partial charge in [-0.05, 0) is 86.1 Å². The van der Waals surface area contributed by atoms with E-state index in [0.717, 1.165) is 38.2 Å². The van der Waals surface area contributed by atoms with Crippen molar-refractivity contribution in [2.75, 3.05) is 33.4 Å². The molecular weight excluding hydrogens is 426 g/mol. The smallest absolute Gasteiger partial charge is 0.407 e. The number of carbonyl (C=O) groups is 1. The molecule has 2 N–H and O–H groups in total. The Hall–Kier alpha value is -2.47. The van der Waals surface area contributed by atoms with Crippen LogP contribution in [0.3, 0.4) is 0 Å². The van der Waals surface area contributed by atoms with Crippen LogP contribution in [0.2, 0.25) is 0 Å². The van der Waals surface area contributed by atoms with Gasteiger partial charge in [-0.15, -0.1) is 0 Å². The maximum Gasteiger partial charge on any atom is 0.407 e. The summed E-state index contributed by atoms with van der Waals surface area (Å²) >= 11 is 0. The van der Waals surface area contributed by atoms with Gasteiger partial charge in [0.1, 0.15) is 5.75 Å². The lowest BCUT2D eigenvalue weighted by atomic mass is 9.77. The lowest BCUT2D eigenvalue weighted by Gasteiger charge is -2.33. The highest BCUT2D eigenvalue weighted by atomic mass is 16.5. The number of benzene rings is 1. The van der Waals surface area contributed by atoms with Gasteiger partial charge in [0.2, 0.25) is 0 Å². The lowest BCUT2D eigenvalue weighted by Crippen LogP contribution is -2.45. The maximum absolute atomic E-state index is 11.7. The van der Waals surface area contributed by atoms with Crippen molar-refractivity contribution in [2.45, 2.75) is 77.8 Å². The van der Waals surface area contributed by atoms with Gasteiger partial charge in [-0.25, -0.2) is 4.79 Å². The Morgan fingerprint density at radius 1 is 1.18 bits per heavy atom. The maximum atomic E-state index is 11.7. The molecule has 1 aromatic carbocycles. The molecule has 4 rings (SSSR count). The molecule has 1 saturated heterocycles. The van der Waals surface area contributed by atoms with Gasteiger partial charge in [-0.3, -0.25) is 4.90 Å². The molecule has 0 bridgehead atoms. The van der Waals surface area contributed by atoms with E-state index in [9.17, 15) is 4.79 Å². The molecule has 1 atom stereocenters. The molecule has 0 radical (unpaired) electrons. The first-order chi connectivity index (χ1) is 16.6. The zero-order valence-electron chi connectivity index (χ0n) is 21.7. The van der Waals surface area contributed by atoms with Crippen LogP contribution in [0.5, 0.6) is 5.75 Å². The van der Waals surface area contributed by atoms with Gasteiger partial charge in [-0.2, -0.15) is 0 Å². The number of carbonyl (C=O) groups excluding carboxylic acids is 1. The summed E-state index contributed by atoms with van der Waals surface area (Å²) in [5, 5.41) is 6.50. The molecule has 2 heterocycles. The first-order valence-corrected chi connectivity index (χ1v) is 13.0. The van der Waals surface area contributed by atoms with Crippen LogP contribution in [0.25, 0.3) is 0 Å². The number of hydrogen-bond donors (Lipinski definition) is 2. The molecule has 1 amide bonds. The predicted molar refractivity (Wildman–Crippen MR) is 138 cm³/mol. The zero-order valence-corrected chi connectivity index (χ0v) is 21.7. The van der Waals surface area contributed by atoms with Crippen LogP contribution in [-0.2, 0) is 4.74 Å². The number of nitrogens with one attached hydrogen (secondary N) is 2. The Morgan fingerprint density at radius 3 is 2.53 bits per heavy atom. The number of piperidine rings is 1. The van der Waals surface area contributed by atoms with Crippen molar-refractivity contribution < 1.29 is 14.3 Å². The number of hydrogen-bond acceptors (Lipinski definition) is 5. The number of rotatable bonds is 7.